The third-order valence-corrected chi connectivity index (χ3v) is 3.71. The Labute approximate surface area is 125 Å². The van der Waals surface area contributed by atoms with Crippen LogP contribution >= 0.6 is 0 Å². The summed E-state index contributed by atoms with van der Waals surface area (Å²) in [5.74, 6) is 1.03. The van der Waals surface area contributed by atoms with Crippen LogP contribution in [0.3, 0.4) is 0 Å². The second kappa shape index (κ2) is 7.22. The highest BCUT2D eigenvalue weighted by Gasteiger charge is 2.22. The first kappa shape index (κ1) is 15.5. The first-order valence-corrected chi connectivity index (χ1v) is 7.21. The molecule has 0 radical (unpaired) electrons. The third kappa shape index (κ3) is 4.29. The van der Waals surface area contributed by atoms with Gasteiger partial charge in [-0.1, -0.05) is 18.2 Å². The quantitative estimate of drug-likeness (QED) is 0.811. The van der Waals surface area contributed by atoms with Crippen molar-refractivity contribution in [3.8, 4) is 5.75 Å². The molecule has 0 bridgehead atoms. The van der Waals surface area contributed by atoms with Crippen LogP contribution in [-0.2, 0) is 16.0 Å². The number of piperazine rings is 1. The van der Waals surface area contributed by atoms with Gasteiger partial charge in [-0.25, -0.2) is 0 Å². The smallest absolute Gasteiger partial charge is 0.227 e. The normalized spacial score (nSPS) is 15.8. The Kier molecular flexibility index (Phi) is 5.33. The van der Waals surface area contributed by atoms with Gasteiger partial charge in [-0.2, -0.15) is 0 Å². The summed E-state index contributed by atoms with van der Waals surface area (Å²) in [5.41, 5.74) is 0.913. The van der Waals surface area contributed by atoms with Gasteiger partial charge in [0, 0.05) is 31.7 Å². The summed E-state index contributed by atoms with van der Waals surface area (Å²) in [7, 11) is 1.61. The molecule has 0 aliphatic carbocycles. The summed E-state index contributed by atoms with van der Waals surface area (Å²) in [6.45, 7) is 4.96. The second-order valence-electron chi connectivity index (χ2n) is 5.35. The zero-order valence-electron chi connectivity index (χ0n) is 12.7. The number of amides is 1. The van der Waals surface area contributed by atoms with Crippen molar-refractivity contribution < 1.29 is 14.3 Å². The molecule has 1 aromatic rings. The minimum Gasteiger partial charge on any atom is -0.496 e. The molecule has 5 nitrogen and oxygen atoms in total. The molecule has 114 valence electrons. The Hall–Kier alpha value is -1.88. The highest BCUT2D eigenvalue weighted by Crippen LogP contribution is 2.18. The van der Waals surface area contributed by atoms with Crippen LogP contribution in [0.25, 0.3) is 0 Å². The second-order valence-corrected chi connectivity index (χ2v) is 5.35. The highest BCUT2D eigenvalue weighted by atomic mass is 16.5. The van der Waals surface area contributed by atoms with E-state index in [2.05, 4.69) is 4.90 Å². The van der Waals surface area contributed by atoms with Crippen LogP contribution in [-0.4, -0.2) is 61.3 Å². The number of para-hydroxylation sites is 1. The maximum atomic E-state index is 12.3. The number of carbonyl (C=O) groups excluding carboxylic acids is 2. The number of Topliss-reactive ketones (excluding diaryl/α,β-unsaturated/α-hetero) is 1. The minimum absolute atomic E-state index is 0.113. The predicted octanol–water partition coefficient (Wildman–Crippen LogP) is 0.971. The van der Waals surface area contributed by atoms with Crippen molar-refractivity contribution in [2.45, 2.75) is 13.3 Å². The molecule has 1 heterocycles. The lowest BCUT2D eigenvalue weighted by Crippen LogP contribution is -2.50. The lowest BCUT2D eigenvalue weighted by Gasteiger charge is -2.34. The van der Waals surface area contributed by atoms with Gasteiger partial charge in [0.25, 0.3) is 0 Å². The summed E-state index contributed by atoms with van der Waals surface area (Å²) in [4.78, 5) is 27.4. The topological polar surface area (TPSA) is 49.9 Å². The maximum Gasteiger partial charge on any atom is 0.227 e. The zero-order chi connectivity index (χ0) is 15.2. The van der Waals surface area contributed by atoms with Gasteiger partial charge in [-0.3, -0.25) is 14.5 Å². The van der Waals surface area contributed by atoms with Crippen molar-refractivity contribution in [1.29, 1.82) is 0 Å². The molecule has 1 saturated heterocycles. The average molecular weight is 290 g/mol. The monoisotopic (exact) mass is 290 g/mol. The van der Waals surface area contributed by atoms with Gasteiger partial charge < -0.3 is 9.64 Å². The van der Waals surface area contributed by atoms with E-state index in [0.29, 0.717) is 26.1 Å². The van der Waals surface area contributed by atoms with Gasteiger partial charge in [-0.05, 0) is 13.0 Å². The summed E-state index contributed by atoms with van der Waals surface area (Å²) >= 11 is 0. The van der Waals surface area contributed by atoms with Crippen molar-refractivity contribution in [2.24, 2.45) is 0 Å². The van der Waals surface area contributed by atoms with E-state index in [1.807, 2.05) is 29.2 Å². The fourth-order valence-corrected chi connectivity index (χ4v) is 2.59. The van der Waals surface area contributed by atoms with Crippen LogP contribution in [0.2, 0.25) is 0 Å². The van der Waals surface area contributed by atoms with E-state index in [9.17, 15) is 9.59 Å². The fourth-order valence-electron chi connectivity index (χ4n) is 2.59. The van der Waals surface area contributed by atoms with Gasteiger partial charge in [0.15, 0.2) is 0 Å². The molecule has 0 N–H and O–H groups in total. The number of hydrogen-bond donors (Lipinski definition) is 0. The fraction of sp³-hybridized carbons (Fsp3) is 0.500. The summed E-state index contributed by atoms with van der Waals surface area (Å²) < 4.78 is 5.28. The standard InChI is InChI=1S/C16H22N2O3/c1-13(19)12-17-7-9-18(10-8-17)16(20)11-14-5-3-4-6-15(14)21-2/h3-6H,7-12H2,1-2H3. The van der Waals surface area contributed by atoms with E-state index >= 15 is 0 Å². The Morgan fingerprint density at radius 3 is 2.43 bits per heavy atom. The number of ether oxygens (including phenoxy) is 1. The van der Waals surface area contributed by atoms with Crippen LogP contribution in [0, 0.1) is 0 Å². The van der Waals surface area contributed by atoms with Crippen molar-refractivity contribution >= 4 is 11.7 Å². The molecule has 1 aliphatic rings. The number of methoxy groups -OCH3 is 1. The molecule has 1 aromatic carbocycles. The summed E-state index contributed by atoms with van der Waals surface area (Å²) in [5, 5.41) is 0. The van der Waals surface area contributed by atoms with Crippen LogP contribution in [0.15, 0.2) is 24.3 Å². The lowest BCUT2D eigenvalue weighted by atomic mass is 10.1. The average Bonchev–Trinajstić information content (AvgIpc) is 2.48. The summed E-state index contributed by atoms with van der Waals surface area (Å²) in [6.07, 6.45) is 0.358. The van der Waals surface area contributed by atoms with Gasteiger partial charge in [0.1, 0.15) is 11.5 Å². The van der Waals surface area contributed by atoms with E-state index in [1.165, 1.54) is 0 Å². The largest absolute Gasteiger partial charge is 0.496 e. The van der Waals surface area contributed by atoms with E-state index in [-0.39, 0.29) is 11.7 Å². The van der Waals surface area contributed by atoms with Crippen LogP contribution in [0.5, 0.6) is 5.75 Å². The maximum absolute atomic E-state index is 12.3. The molecule has 21 heavy (non-hydrogen) atoms. The minimum atomic E-state index is 0.113. The molecule has 0 atom stereocenters. The molecule has 1 fully saturated rings. The Balaban J connectivity index is 1.89. The van der Waals surface area contributed by atoms with Crippen LogP contribution in [0.1, 0.15) is 12.5 Å². The van der Waals surface area contributed by atoms with Crippen molar-refractivity contribution in [2.75, 3.05) is 39.8 Å². The van der Waals surface area contributed by atoms with E-state index < -0.39 is 0 Å². The molecule has 5 heteroatoms. The van der Waals surface area contributed by atoms with Crippen LogP contribution in [0.4, 0.5) is 0 Å². The molecule has 0 aromatic heterocycles. The molecule has 0 saturated carbocycles. The molecule has 0 unspecified atom stereocenters. The zero-order valence-corrected chi connectivity index (χ0v) is 12.7. The molecule has 2 rings (SSSR count). The van der Waals surface area contributed by atoms with Crippen LogP contribution < -0.4 is 4.74 Å². The molecule has 1 aliphatic heterocycles. The van der Waals surface area contributed by atoms with E-state index in [4.69, 9.17) is 4.74 Å². The van der Waals surface area contributed by atoms with Crippen molar-refractivity contribution in [1.82, 2.24) is 9.80 Å². The van der Waals surface area contributed by atoms with Crippen molar-refractivity contribution in [3.63, 3.8) is 0 Å². The van der Waals surface area contributed by atoms with Gasteiger partial charge in [-0.15, -0.1) is 0 Å². The van der Waals surface area contributed by atoms with Gasteiger partial charge >= 0.3 is 0 Å². The molecular weight excluding hydrogens is 268 g/mol. The van der Waals surface area contributed by atoms with Gasteiger partial charge in [0.2, 0.25) is 5.91 Å². The lowest BCUT2D eigenvalue weighted by molar-refractivity contribution is -0.132. The Morgan fingerprint density at radius 1 is 1.14 bits per heavy atom. The number of rotatable bonds is 5. The number of ketones is 1. The Morgan fingerprint density at radius 2 is 1.81 bits per heavy atom. The Bertz CT molecular complexity index is 508. The summed E-state index contributed by atoms with van der Waals surface area (Å²) in [6, 6.07) is 7.60. The first-order chi connectivity index (χ1) is 10.1. The van der Waals surface area contributed by atoms with E-state index in [1.54, 1.807) is 14.0 Å². The van der Waals surface area contributed by atoms with E-state index in [0.717, 1.165) is 24.4 Å². The SMILES string of the molecule is COc1ccccc1CC(=O)N1CCN(CC(C)=O)CC1. The molecular formula is C16H22N2O3. The number of carbonyl (C=O) groups is 2. The molecule has 1 amide bonds. The molecule has 0 spiro atoms. The predicted molar refractivity (Wildman–Crippen MR) is 80.4 cm³/mol. The number of benzene rings is 1. The number of hydrogen-bond acceptors (Lipinski definition) is 4. The third-order valence-electron chi connectivity index (χ3n) is 3.71. The highest BCUT2D eigenvalue weighted by molar-refractivity contribution is 5.80. The number of nitrogens with zero attached hydrogens (tertiary/aromatic N) is 2. The van der Waals surface area contributed by atoms with Gasteiger partial charge in [0.05, 0.1) is 20.1 Å². The van der Waals surface area contributed by atoms with Crippen molar-refractivity contribution in [3.05, 3.63) is 29.8 Å². The first-order valence-electron chi connectivity index (χ1n) is 7.21.